The van der Waals surface area contributed by atoms with Crippen LogP contribution in [0.3, 0.4) is 0 Å². The minimum absolute atomic E-state index is 0.0912. The average molecular weight is 338 g/mol. The Morgan fingerprint density at radius 1 is 1.12 bits per heavy atom. The molecule has 0 saturated heterocycles. The van der Waals surface area contributed by atoms with Crippen LogP contribution in [0.5, 0.6) is 0 Å². The van der Waals surface area contributed by atoms with E-state index >= 15 is 0 Å². The predicted octanol–water partition coefficient (Wildman–Crippen LogP) is 2.54. The number of anilines is 2. The van der Waals surface area contributed by atoms with E-state index in [0.717, 1.165) is 29.1 Å². The molecule has 0 aliphatic heterocycles. The molecule has 2 aromatic heterocycles. The first-order chi connectivity index (χ1) is 12.2. The molecule has 7 nitrogen and oxygen atoms in total. The zero-order valence-electron chi connectivity index (χ0n) is 14.4. The van der Waals surface area contributed by atoms with Gasteiger partial charge in [0.05, 0.1) is 5.56 Å². The number of nitrogens with zero attached hydrogens (tertiary/aromatic N) is 2. The van der Waals surface area contributed by atoms with Crippen molar-refractivity contribution in [1.29, 1.82) is 0 Å². The molecule has 25 heavy (non-hydrogen) atoms. The third kappa shape index (κ3) is 4.06. The van der Waals surface area contributed by atoms with Crippen LogP contribution in [0.15, 0.2) is 36.5 Å². The van der Waals surface area contributed by atoms with E-state index in [1.165, 1.54) is 0 Å². The molecule has 0 atom stereocenters. The standard InChI is InChI=1S/C18H22N6O/c1-3-19-16-10-17(24-12(2)23-16)20-8-9-21-18(25)14-11-22-15-7-5-4-6-13(14)15/h4-7,10-11,22H,3,8-9H2,1-2H3,(H,21,25)(H2,19,20,23,24). The summed E-state index contributed by atoms with van der Waals surface area (Å²) in [7, 11) is 0. The number of para-hydroxylation sites is 1. The fourth-order valence-electron chi connectivity index (χ4n) is 2.65. The Bertz CT molecular complexity index is 873. The van der Waals surface area contributed by atoms with Crippen molar-refractivity contribution in [2.75, 3.05) is 30.3 Å². The molecule has 3 aromatic rings. The lowest BCUT2D eigenvalue weighted by Crippen LogP contribution is -2.28. The maximum atomic E-state index is 12.3. The van der Waals surface area contributed by atoms with Gasteiger partial charge in [0.15, 0.2) is 0 Å². The van der Waals surface area contributed by atoms with E-state index in [2.05, 4.69) is 30.9 Å². The van der Waals surface area contributed by atoms with E-state index in [1.54, 1.807) is 6.20 Å². The number of nitrogens with one attached hydrogen (secondary N) is 4. The lowest BCUT2D eigenvalue weighted by Gasteiger charge is -2.10. The number of rotatable bonds is 7. The maximum Gasteiger partial charge on any atom is 0.253 e. The van der Waals surface area contributed by atoms with Crippen molar-refractivity contribution in [3.63, 3.8) is 0 Å². The Morgan fingerprint density at radius 2 is 1.88 bits per heavy atom. The molecular weight excluding hydrogens is 316 g/mol. The number of benzene rings is 1. The SMILES string of the molecule is CCNc1cc(NCCNC(=O)c2c[nH]c3ccccc23)nc(C)n1. The lowest BCUT2D eigenvalue weighted by molar-refractivity contribution is 0.0957. The third-order valence-electron chi connectivity index (χ3n) is 3.75. The Labute approximate surface area is 146 Å². The van der Waals surface area contributed by atoms with Crippen LogP contribution in [0.1, 0.15) is 23.1 Å². The monoisotopic (exact) mass is 338 g/mol. The number of hydrogen-bond acceptors (Lipinski definition) is 5. The molecular formula is C18H22N6O. The summed E-state index contributed by atoms with van der Waals surface area (Å²) in [4.78, 5) is 24.1. The van der Waals surface area contributed by atoms with E-state index in [-0.39, 0.29) is 5.91 Å². The lowest BCUT2D eigenvalue weighted by atomic mass is 10.1. The minimum atomic E-state index is -0.0912. The number of aromatic amines is 1. The molecule has 3 rings (SSSR count). The largest absolute Gasteiger partial charge is 0.370 e. The van der Waals surface area contributed by atoms with Gasteiger partial charge < -0.3 is 20.9 Å². The van der Waals surface area contributed by atoms with Gasteiger partial charge in [-0.3, -0.25) is 4.79 Å². The highest BCUT2D eigenvalue weighted by Crippen LogP contribution is 2.17. The van der Waals surface area contributed by atoms with Gasteiger partial charge in [-0.1, -0.05) is 18.2 Å². The van der Waals surface area contributed by atoms with Gasteiger partial charge in [-0.2, -0.15) is 0 Å². The van der Waals surface area contributed by atoms with Gasteiger partial charge in [-0.05, 0) is 19.9 Å². The summed E-state index contributed by atoms with van der Waals surface area (Å²) in [6.45, 7) is 5.75. The Kier molecular flexibility index (Phi) is 5.13. The Morgan fingerprint density at radius 3 is 2.68 bits per heavy atom. The van der Waals surface area contributed by atoms with Gasteiger partial charge in [-0.25, -0.2) is 9.97 Å². The van der Waals surface area contributed by atoms with Crippen molar-refractivity contribution in [1.82, 2.24) is 20.3 Å². The van der Waals surface area contributed by atoms with Gasteiger partial charge in [-0.15, -0.1) is 0 Å². The first-order valence-corrected chi connectivity index (χ1v) is 8.35. The Hall–Kier alpha value is -3.09. The first kappa shape index (κ1) is 16.8. The summed E-state index contributed by atoms with van der Waals surface area (Å²) < 4.78 is 0. The highest BCUT2D eigenvalue weighted by molar-refractivity contribution is 6.06. The molecule has 1 aromatic carbocycles. The highest BCUT2D eigenvalue weighted by atomic mass is 16.1. The molecule has 0 unspecified atom stereocenters. The molecule has 4 N–H and O–H groups in total. The molecule has 2 heterocycles. The summed E-state index contributed by atoms with van der Waals surface area (Å²) in [5.74, 6) is 2.14. The van der Waals surface area contributed by atoms with E-state index in [1.807, 2.05) is 44.2 Å². The van der Waals surface area contributed by atoms with Gasteiger partial charge in [0.2, 0.25) is 0 Å². The van der Waals surface area contributed by atoms with Crippen LogP contribution >= 0.6 is 0 Å². The molecule has 0 aliphatic rings. The average Bonchev–Trinajstić information content (AvgIpc) is 3.02. The molecule has 130 valence electrons. The number of fused-ring (bicyclic) bond motifs is 1. The summed E-state index contributed by atoms with van der Waals surface area (Å²) >= 11 is 0. The topological polar surface area (TPSA) is 94.7 Å². The van der Waals surface area contributed by atoms with Crippen LogP contribution in [-0.4, -0.2) is 40.5 Å². The number of carbonyl (C=O) groups excluding carboxylic acids is 1. The van der Waals surface area contributed by atoms with Crippen molar-refractivity contribution in [3.05, 3.63) is 47.9 Å². The zero-order chi connectivity index (χ0) is 17.6. The van der Waals surface area contributed by atoms with E-state index < -0.39 is 0 Å². The molecule has 0 aliphatic carbocycles. The van der Waals surface area contributed by atoms with Crippen molar-refractivity contribution in [2.24, 2.45) is 0 Å². The number of hydrogen-bond donors (Lipinski definition) is 4. The van der Waals surface area contributed by atoms with Gasteiger partial charge >= 0.3 is 0 Å². The second-order valence-electron chi connectivity index (χ2n) is 5.65. The van der Waals surface area contributed by atoms with Crippen LogP contribution in [0.25, 0.3) is 10.9 Å². The van der Waals surface area contributed by atoms with Gasteiger partial charge in [0, 0.05) is 42.8 Å². The quantitative estimate of drug-likeness (QED) is 0.497. The van der Waals surface area contributed by atoms with Crippen molar-refractivity contribution < 1.29 is 4.79 Å². The van der Waals surface area contributed by atoms with Crippen LogP contribution < -0.4 is 16.0 Å². The summed E-state index contributed by atoms with van der Waals surface area (Å²) in [6.07, 6.45) is 1.74. The van der Waals surface area contributed by atoms with Crippen molar-refractivity contribution >= 4 is 28.4 Å². The molecule has 0 fully saturated rings. The maximum absolute atomic E-state index is 12.3. The third-order valence-corrected chi connectivity index (χ3v) is 3.75. The number of amides is 1. The van der Waals surface area contributed by atoms with E-state index in [0.29, 0.717) is 24.5 Å². The number of carbonyl (C=O) groups is 1. The second kappa shape index (κ2) is 7.65. The molecule has 0 radical (unpaired) electrons. The second-order valence-corrected chi connectivity index (χ2v) is 5.65. The first-order valence-electron chi connectivity index (χ1n) is 8.35. The Balaban J connectivity index is 1.54. The summed E-state index contributed by atoms with van der Waals surface area (Å²) in [5.41, 5.74) is 1.61. The van der Waals surface area contributed by atoms with Crippen molar-refractivity contribution in [3.8, 4) is 0 Å². The predicted molar refractivity (Wildman–Crippen MR) is 100 cm³/mol. The molecule has 0 spiro atoms. The molecule has 1 amide bonds. The van der Waals surface area contributed by atoms with Crippen LogP contribution in [-0.2, 0) is 0 Å². The molecule has 0 bridgehead atoms. The van der Waals surface area contributed by atoms with E-state index in [4.69, 9.17) is 0 Å². The zero-order valence-corrected chi connectivity index (χ0v) is 14.4. The number of aryl methyl sites for hydroxylation is 1. The molecule has 0 saturated carbocycles. The fourth-order valence-corrected chi connectivity index (χ4v) is 2.65. The number of aromatic nitrogens is 3. The normalized spacial score (nSPS) is 10.6. The van der Waals surface area contributed by atoms with Crippen LogP contribution in [0.2, 0.25) is 0 Å². The smallest absolute Gasteiger partial charge is 0.253 e. The van der Waals surface area contributed by atoms with Crippen LogP contribution in [0, 0.1) is 6.92 Å². The molecule has 7 heteroatoms. The highest BCUT2D eigenvalue weighted by Gasteiger charge is 2.10. The van der Waals surface area contributed by atoms with Crippen LogP contribution in [0.4, 0.5) is 11.6 Å². The van der Waals surface area contributed by atoms with Gasteiger partial charge in [0.25, 0.3) is 5.91 Å². The number of H-pyrrole nitrogens is 1. The fraction of sp³-hybridized carbons (Fsp3) is 0.278. The summed E-state index contributed by atoms with van der Waals surface area (Å²) in [5, 5.41) is 10.2. The summed E-state index contributed by atoms with van der Waals surface area (Å²) in [6, 6.07) is 9.61. The minimum Gasteiger partial charge on any atom is -0.370 e. The van der Waals surface area contributed by atoms with E-state index in [9.17, 15) is 4.79 Å². The van der Waals surface area contributed by atoms with Crippen molar-refractivity contribution in [2.45, 2.75) is 13.8 Å². The van der Waals surface area contributed by atoms with Gasteiger partial charge in [0.1, 0.15) is 17.5 Å².